The summed E-state index contributed by atoms with van der Waals surface area (Å²) in [5, 5.41) is 9.37. The molecule has 0 unspecified atom stereocenters. The lowest BCUT2D eigenvalue weighted by Gasteiger charge is -2.28. The van der Waals surface area contributed by atoms with Gasteiger partial charge in [0.2, 0.25) is 15.3 Å². The van der Waals surface area contributed by atoms with E-state index in [1.165, 1.54) is 36.9 Å². The van der Waals surface area contributed by atoms with E-state index in [0.717, 1.165) is 30.0 Å². The van der Waals surface area contributed by atoms with Crippen LogP contribution in [0.2, 0.25) is 0 Å². The van der Waals surface area contributed by atoms with E-state index in [-0.39, 0.29) is 23.7 Å². The van der Waals surface area contributed by atoms with Crippen molar-refractivity contribution < 1.29 is 45.0 Å². The highest BCUT2D eigenvalue weighted by molar-refractivity contribution is 7.98. The number of hydrogen-bond acceptors (Lipinski definition) is 6. The molecule has 0 saturated heterocycles. The molecule has 6 nitrogen and oxygen atoms in total. The van der Waals surface area contributed by atoms with E-state index in [4.69, 9.17) is 4.74 Å². The van der Waals surface area contributed by atoms with Gasteiger partial charge >= 0.3 is 12.1 Å². The van der Waals surface area contributed by atoms with Crippen LogP contribution >= 0.6 is 11.8 Å². The summed E-state index contributed by atoms with van der Waals surface area (Å²) in [6, 6.07) is 7.33. The van der Waals surface area contributed by atoms with Crippen LogP contribution in [-0.2, 0) is 14.6 Å². The largest absolute Gasteiger partial charge is 0.491 e. The Morgan fingerprint density at radius 1 is 1.19 bits per heavy atom. The van der Waals surface area contributed by atoms with Crippen LogP contribution < -0.4 is 9.64 Å². The molecule has 204 valence electrons. The highest BCUT2D eigenvalue weighted by Gasteiger charge is 2.44. The molecule has 1 aliphatic rings. The number of anilines is 2. The lowest BCUT2D eigenvalue weighted by molar-refractivity contribution is -0.148. The number of sulfone groups is 1. The molecular formula is C24H26F5NO5S2. The quantitative estimate of drug-likeness (QED) is 0.300. The zero-order valence-electron chi connectivity index (χ0n) is 20.2. The van der Waals surface area contributed by atoms with Gasteiger partial charge in [-0.1, -0.05) is 0 Å². The molecular weight excluding hydrogens is 541 g/mol. The number of carbonyl (C=O) groups is 1. The highest BCUT2D eigenvalue weighted by Crippen LogP contribution is 2.46. The minimum Gasteiger partial charge on any atom is -0.491 e. The molecule has 0 spiro atoms. The van der Waals surface area contributed by atoms with Gasteiger partial charge in [-0.15, -0.1) is 11.8 Å². The zero-order valence-corrected chi connectivity index (χ0v) is 21.8. The van der Waals surface area contributed by atoms with Gasteiger partial charge in [-0.3, -0.25) is 4.79 Å². The second kappa shape index (κ2) is 10.7. The second-order valence-electron chi connectivity index (χ2n) is 9.35. The van der Waals surface area contributed by atoms with Gasteiger partial charge in [0.15, 0.2) is 0 Å². The van der Waals surface area contributed by atoms with Crippen molar-refractivity contribution in [2.45, 2.75) is 48.2 Å². The van der Waals surface area contributed by atoms with Crippen molar-refractivity contribution in [3.05, 3.63) is 42.2 Å². The zero-order chi connectivity index (χ0) is 27.8. The van der Waals surface area contributed by atoms with Gasteiger partial charge in [0.1, 0.15) is 18.2 Å². The SMILES string of the molecule is CSc1cc2c(cc1OCC(C)(C)C(=O)O)S(=O)(=O)[C@H](F)[C@H](CCC(F)(F)F)CN2c1ccc(F)cc1. The average Bonchev–Trinajstić information content (AvgIpc) is 2.89. The van der Waals surface area contributed by atoms with Crippen LogP contribution in [0, 0.1) is 17.2 Å². The fourth-order valence-corrected chi connectivity index (χ4v) is 6.04. The summed E-state index contributed by atoms with van der Waals surface area (Å²) in [4.78, 5) is 12.7. The third-order valence-electron chi connectivity index (χ3n) is 6.03. The van der Waals surface area contributed by atoms with Crippen LogP contribution in [0.3, 0.4) is 0 Å². The van der Waals surface area contributed by atoms with Crippen molar-refractivity contribution in [2.75, 3.05) is 24.3 Å². The summed E-state index contributed by atoms with van der Waals surface area (Å²) in [5.74, 6) is -3.29. The summed E-state index contributed by atoms with van der Waals surface area (Å²) >= 11 is 1.15. The van der Waals surface area contributed by atoms with Crippen molar-refractivity contribution in [2.24, 2.45) is 11.3 Å². The van der Waals surface area contributed by atoms with Gasteiger partial charge in [0.05, 0.1) is 20.9 Å². The maximum atomic E-state index is 15.5. The lowest BCUT2D eigenvalue weighted by Crippen LogP contribution is -2.32. The maximum absolute atomic E-state index is 15.5. The van der Waals surface area contributed by atoms with Gasteiger partial charge in [0.25, 0.3) is 0 Å². The van der Waals surface area contributed by atoms with E-state index >= 15 is 4.39 Å². The Hall–Kier alpha value is -2.54. The standard InChI is InChI=1S/C24H26F5NO5S2/c1-23(2,22(31)32)13-35-18-11-20-17(10-19(18)36-3)30(16-6-4-15(25)5-7-16)12-14(8-9-24(27,28)29)21(26)37(20,33)34/h4-7,10-11,14,21H,8-9,12-13H2,1-3H3,(H,31,32)/t14-,21+/m1/s1. The first-order valence-corrected chi connectivity index (χ1v) is 13.9. The van der Waals surface area contributed by atoms with Gasteiger partial charge < -0.3 is 14.7 Å². The molecule has 0 aromatic heterocycles. The van der Waals surface area contributed by atoms with E-state index in [9.17, 15) is 35.9 Å². The van der Waals surface area contributed by atoms with E-state index in [1.807, 2.05) is 0 Å². The Balaban J connectivity index is 2.17. The van der Waals surface area contributed by atoms with E-state index in [1.54, 1.807) is 6.26 Å². The summed E-state index contributed by atoms with van der Waals surface area (Å²) in [6.45, 7) is 2.08. The molecule has 2 aromatic carbocycles. The molecule has 0 amide bonds. The first kappa shape index (κ1) is 29.0. The Labute approximate surface area is 215 Å². The molecule has 37 heavy (non-hydrogen) atoms. The van der Waals surface area contributed by atoms with Crippen molar-refractivity contribution in [3.8, 4) is 5.75 Å². The monoisotopic (exact) mass is 567 g/mol. The number of ether oxygens (including phenoxy) is 1. The summed E-state index contributed by atoms with van der Waals surface area (Å²) in [7, 11) is -4.80. The Morgan fingerprint density at radius 2 is 1.81 bits per heavy atom. The van der Waals surface area contributed by atoms with Crippen molar-refractivity contribution in [1.82, 2.24) is 0 Å². The topological polar surface area (TPSA) is 83.9 Å². The fourth-order valence-electron chi connectivity index (χ4n) is 3.79. The van der Waals surface area contributed by atoms with E-state index in [2.05, 4.69) is 0 Å². The van der Waals surface area contributed by atoms with Crippen molar-refractivity contribution >= 4 is 38.9 Å². The summed E-state index contributed by atoms with van der Waals surface area (Å²) in [6.07, 6.45) is -5.11. The number of carboxylic acids is 1. The number of fused-ring (bicyclic) bond motifs is 1. The molecule has 0 radical (unpaired) electrons. The number of benzene rings is 2. The number of carboxylic acid groups (broad SMARTS) is 1. The molecule has 1 aliphatic heterocycles. The minimum atomic E-state index is -4.80. The number of hydrogen-bond donors (Lipinski definition) is 1. The Kier molecular flexibility index (Phi) is 8.38. The van der Waals surface area contributed by atoms with Crippen LogP contribution in [-0.4, -0.2) is 50.6 Å². The van der Waals surface area contributed by atoms with Crippen LogP contribution in [0.15, 0.2) is 46.2 Å². The van der Waals surface area contributed by atoms with Gasteiger partial charge in [-0.2, -0.15) is 13.2 Å². The molecule has 0 saturated carbocycles. The molecule has 0 bridgehead atoms. The molecule has 0 fully saturated rings. The fraction of sp³-hybridized carbons (Fsp3) is 0.458. The smallest absolute Gasteiger partial charge is 0.389 e. The maximum Gasteiger partial charge on any atom is 0.389 e. The van der Waals surface area contributed by atoms with Crippen LogP contribution in [0.25, 0.3) is 0 Å². The first-order chi connectivity index (χ1) is 17.1. The first-order valence-electron chi connectivity index (χ1n) is 11.1. The summed E-state index contributed by atoms with van der Waals surface area (Å²) < 4.78 is 100. The second-order valence-corrected chi connectivity index (χ2v) is 12.2. The molecule has 0 aliphatic carbocycles. The minimum absolute atomic E-state index is 0.00189. The van der Waals surface area contributed by atoms with Crippen LogP contribution in [0.1, 0.15) is 26.7 Å². The molecule has 2 aromatic rings. The molecule has 1 N–H and O–H groups in total. The van der Waals surface area contributed by atoms with Gasteiger partial charge in [-0.05, 0) is 56.9 Å². The normalized spacial score (nSPS) is 19.7. The number of aliphatic carboxylic acids is 1. The molecule has 13 heteroatoms. The number of nitrogens with zero attached hydrogens (tertiary/aromatic N) is 1. The summed E-state index contributed by atoms with van der Waals surface area (Å²) in [5.41, 5.74) is -3.72. The van der Waals surface area contributed by atoms with Crippen molar-refractivity contribution in [1.29, 1.82) is 0 Å². The molecule has 3 rings (SSSR count). The van der Waals surface area contributed by atoms with E-state index < -0.39 is 68.9 Å². The van der Waals surface area contributed by atoms with Gasteiger partial charge in [0, 0.05) is 30.6 Å². The van der Waals surface area contributed by atoms with Crippen LogP contribution in [0.4, 0.5) is 33.3 Å². The molecule has 2 atom stereocenters. The number of halogens is 5. The third-order valence-corrected chi connectivity index (χ3v) is 8.71. The van der Waals surface area contributed by atoms with Gasteiger partial charge in [-0.25, -0.2) is 17.2 Å². The number of thioether (sulfide) groups is 1. The number of rotatable bonds is 8. The van der Waals surface area contributed by atoms with E-state index in [0.29, 0.717) is 4.90 Å². The predicted molar refractivity (Wildman–Crippen MR) is 129 cm³/mol. The average molecular weight is 568 g/mol. The third kappa shape index (κ3) is 6.49. The molecule has 1 heterocycles. The predicted octanol–water partition coefficient (Wildman–Crippen LogP) is 6.22. The number of alkyl halides is 4. The lowest BCUT2D eigenvalue weighted by atomic mass is 9.95. The van der Waals surface area contributed by atoms with Crippen LogP contribution in [0.5, 0.6) is 5.75 Å². The Morgan fingerprint density at radius 3 is 2.35 bits per heavy atom. The van der Waals surface area contributed by atoms with Crippen molar-refractivity contribution in [3.63, 3.8) is 0 Å². The Bertz CT molecular complexity index is 1250. The highest BCUT2D eigenvalue weighted by atomic mass is 32.2.